The van der Waals surface area contributed by atoms with E-state index in [1.165, 1.54) is 5.56 Å². The van der Waals surface area contributed by atoms with E-state index in [9.17, 15) is 9.90 Å². The molecule has 130 valence electrons. The van der Waals surface area contributed by atoms with Crippen molar-refractivity contribution in [3.05, 3.63) is 63.9 Å². The molecule has 0 radical (unpaired) electrons. The van der Waals surface area contributed by atoms with Gasteiger partial charge < -0.3 is 15.7 Å². The topological polar surface area (TPSA) is 74.2 Å². The highest BCUT2D eigenvalue weighted by atomic mass is 79.9. The first kappa shape index (κ1) is 16.5. The summed E-state index contributed by atoms with van der Waals surface area (Å²) in [4.78, 5) is 16.3. The molecule has 1 fully saturated rings. The molecule has 1 saturated heterocycles. The van der Waals surface area contributed by atoms with Crippen molar-refractivity contribution in [3.63, 3.8) is 0 Å². The van der Waals surface area contributed by atoms with Crippen LogP contribution in [0.4, 0.5) is 4.79 Å². The zero-order valence-corrected chi connectivity index (χ0v) is 15.3. The van der Waals surface area contributed by atoms with E-state index in [4.69, 9.17) is 0 Å². The number of benzene rings is 1. The molecule has 1 aromatic heterocycles. The highest BCUT2D eigenvalue weighted by Crippen LogP contribution is 2.58. The molecule has 2 aliphatic rings. The maximum Gasteiger partial charge on any atom is 0.405 e. The average molecular weight is 402 g/mol. The quantitative estimate of drug-likeness (QED) is 0.675. The molecule has 2 aromatic rings. The van der Waals surface area contributed by atoms with Gasteiger partial charge in [-0.3, -0.25) is 0 Å². The summed E-state index contributed by atoms with van der Waals surface area (Å²) in [7, 11) is 0. The molecule has 4 rings (SSSR count). The first-order valence-electron chi connectivity index (χ1n) is 8.50. The SMILES string of the molecule is O=C(O)NC1(c2ccc(Br)nc2)c2ccccc2CC12CCNCC2. The Labute approximate surface area is 155 Å². The molecule has 1 amide bonds. The van der Waals surface area contributed by atoms with E-state index in [-0.39, 0.29) is 5.41 Å². The predicted octanol–water partition coefficient (Wildman–Crippen LogP) is 3.28. The third-order valence-electron chi connectivity index (χ3n) is 5.76. The molecule has 3 N–H and O–H groups in total. The van der Waals surface area contributed by atoms with Gasteiger partial charge in [-0.15, -0.1) is 0 Å². The fourth-order valence-electron chi connectivity index (χ4n) is 4.77. The molecule has 5 nitrogen and oxygen atoms in total. The second kappa shape index (κ2) is 6.11. The van der Waals surface area contributed by atoms with E-state index >= 15 is 0 Å². The van der Waals surface area contributed by atoms with Crippen LogP contribution in [0.25, 0.3) is 0 Å². The van der Waals surface area contributed by atoms with Crippen molar-refractivity contribution in [3.8, 4) is 0 Å². The first-order chi connectivity index (χ1) is 12.1. The van der Waals surface area contributed by atoms with Crippen molar-refractivity contribution in [2.75, 3.05) is 13.1 Å². The molecule has 6 heteroatoms. The summed E-state index contributed by atoms with van der Waals surface area (Å²) in [6, 6.07) is 12.1. The summed E-state index contributed by atoms with van der Waals surface area (Å²) >= 11 is 3.38. The van der Waals surface area contributed by atoms with Gasteiger partial charge in [0.2, 0.25) is 0 Å². The van der Waals surface area contributed by atoms with Gasteiger partial charge in [0.05, 0.1) is 0 Å². The Bertz CT molecular complexity index is 803. The molecule has 1 unspecified atom stereocenters. The minimum absolute atomic E-state index is 0.185. The number of hydrogen-bond donors (Lipinski definition) is 3. The van der Waals surface area contributed by atoms with E-state index < -0.39 is 11.6 Å². The first-order valence-corrected chi connectivity index (χ1v) is 9.29. The van der Waals surface area contributed by atoms with Gasteiger partial charge in [-0.2, -0.15) is 0 Å². The van der Waals surface area contributed by atoms with Crippen LogP contribution in [-0.2, 0) is 12.0 Å². The lowest BCUT2D eigenvalue weighted by molar-refractivity contribution is 0.0849. The number of nitrogens with one attached hydrogen (secondary N) is 2. The Morgan fingerprint density at radius 1 is 1.20 bits per heavy atom. The number of pyridine rings is 1. The third-order valence-corrected chi connectivity index (χ3v) is 6.23. The molecule has 0 saturated carbocycles. The zero-order chi connectivity index (χ0) is 17.5. The maximum atomic E-state index is 11.9. The van der Waals surface area contributed by atoms with E-state index in [1.807, 2.05) is 24.3 Å². The van der Waals surface area contributed by atoms with E-state index in [2.05, 4.69) is 43.7 Å². The van der Waals surface area contributed by atoms with E-state index in [0.29, 0.717) is 0 Å². The largest absolute Gasteiger partial charge is 0.465 e. The highest BCUT2D eigenvalue weighted by Gasteiger charge is 2.59. The van der Waals surface area contributed by atoms with E-state index in [1.54, 1.807) is 6.20 Å². The van der Waals surface area contributed by atoms with Crippen LogP contribution in [0.5, 0.6) is 0 Å². The number of piperidine rings is 1. The minimum Gasteiger partial charge on any atom is -0.465 e. The molecule has 2 heterocycles. The lowest BCUT2D eigenvalue weighted by atomic mass is 9.62. The highest BCUT2D eigenvalue weighted by molar-refractivity contribution is 9.10. The van der Waals surface area contributed by atoms with Crippen LogP contribution in [-0.4, -0.2) is 29.3 Å². The van der Waals surface area contributed by atoms with Gasteiger partial charge in [0.25, 0.3) is 0 Å². The standard InChI is InChI=1S/C19H20BrN3O2/c20-16-6-5-14(12-22-16)19(23-17(24)25)15-4-2-1-3-13(15)11-18(19)7-9-21-10-8-18/h1-6,12,21,23H,7-11H2,(H,24,25). The molecule has 0 bridgehead atoms. The average Bonchev–Trinajstić information content (AvgIpc) is 2.86. The van der Waals surface area contributed by atoms with E-state index in [0.717, 1.165) is 48.1 Å². The molecule has 1 aliphatic heterocycles. The Morgan fingerprint density at radius 3 is 2.64 bits per heavy atom. The van der Waals surface area contributed by atoms with Gasteiger partial charge in [0.15, 0.2) is 0 Å². The number of aromatic nitrogens is 1. The number of carbonyl (C=O) groups is 1. The number of amides is 1. The fourth-order valence-corrected chi connectivity index (χ4v) is 5.01. The monoisotopic (exact) mass is 401 g/mol. The van der Waals surface area contributed by atoms with Gasteiger partial charge >= 0.3 is 6.09 Å². The van der Waals surface area contributed by atoms with Crippen LogP contribution in [0, 0.1) is 5.41 Å². The Balaban J connectivity index is 1.99. The summed E-state index contributed by atoms with van der Waals surface area (Å²) in [5.74, 6) is 0. The summed E-state index contributed by atoms with van der Waals surface area (Å²) in [6.07, 6.45) is 3.50. The Morgan fingerprint density at radius 2 is 1.96 bits per heavy atom. The Kier molecular flexibility index (Phi) is 4.04. The van der Waals surface area contributed by atoms with Gasteiger partial charge in [-0.05, 0) is 65.5 Å². The van der Waals surface area contributed by atoms with Crippen molar-refractivity contribution in [1.82, 2.24) is 15.6 Å². The predicted molar refractivity (Wildman–Crippen MR) is 98.6 cm³/mol. The van der Waals surface area contributed by atoms with Crippen molar-refractivity contribution < 1.29 is 9.90 Å². The normalized spacial score (nSPS) is 24.0. The van der Waals surface area contributed by atoms with Gasteiger partial charge in [-0.1, -0.05) is 30.3 Å². The van der Waals surface area contributed by atoms with Crippen LogP contribution in [0.2, 0.25) is 0 Å². The molecule has 1 aliphatic carbocycles. The molecule has 1 spiro atoms. The summed E-state index contributed by atoms with van der Waals surface area (Å²) in [5, 5.41) is 16.1. The number of hydrogen-bond acceptors (Lipinski definition) is 3. The summed E-state index contributed by atoms with van der Waals surface area (Å²) in [5.41, 5.74) is 2.23. The summed E-state index contributed by atoms with van der Waals surface area (Å²) in [6.45, 7) is 1.78. The molecule has 25 heavy (non-hydrogen) atoms. The Hall–Kier alpha value is -1.92. The van der Waals surface area contributed by atoms with Crippen LogP contribution in [0.15, 0.2) is 47.2 Å². The van der Waals surface area contributed by atoms with Crippen LogP contribution in [0.3, 0.4) is 0 Å². The molecular formula is C19H20BrN3O2. The van der Waals surface area contributed by atoms with Crippen molar-refractivity contribution in [2.45, 2.75) is 24.8 Å². The second-order valence-electron chi connectivity index (χ2n) is 6.91. The minimum atomic E-state index is -1.00. The zero-order valence-electron chi connectivity index (χ0n) is 13.8. The van der Waals surface area contributed by atoms with Gasteiger partial charge in [-0.25, -0.2) is 9.78 Å². The summed E-state index contributed by atoms with van der Waals surface area (Å²) < 4.78 is 0.743. The molecular weight excluding hydrogens is 382 g/mol. The van der Waals surface area contributed by atoms with Gasteiger partial charge in [0.1, 0.15) is 10.1 Å². The van der Waals surface area contributed by atoms with Crippen molar-refractivity contribution in [1.29, 1.82) is 0 Å². The smallest absolute Gasteiger partial charge is 0.405 e. The lowest BCUT2D eigenvalue weighted by Gasteiger charge is -2.49. The molecule has 1 atom stereocenters. The van der Waals surface area contributed by atoms with Crippen molar-refractivity contribution >= 4 is 22.0 Å². The molecule has 1 aromatic carbocycles. The van der Waals surface area contributed by atoms with Crippen LogP contribution >= 0.6 is 15.9 Å². The number of halogens is 1. The lowest BCUT2D eigenvalue weighted by Crippen LogP contribution is -2.59. The maximum absolute atomic E-state index is 11.9. The fraction of sp³-hybridized carbons (Fsp3) is 0.368. The van der Waals surface area contributed by atoms with Crippen LogP contribution < -0.4 is 10.6 Å². The van der Waals surface area contributed by atoms with Crippen LogP contribution in [0.1, 0.15) is 29.5 Å². The number of rotatable bonds is 2. The van der Waals surface area contributed by atoms with Crippen molar-refractivity contribution in [2.24, 2.45) is 5.41 Å². The van der Waals surface area contributed by atoms with Gasteiger partial charge in [0, 0.05) is 17.2 Å². The third kappa shape index (κ3) is 2.47. The number of nitrogens with zero attached hydrogens (tertiary/aromatic N) is 1. The number of carboxylic acid groups (broad SMARTS) is 1. The number of fused-ring (bicyclic) bond motifs is 1. The second-order valence-corrected chi connectivity index (χ2v) is 7.73.